The molecule has 0 aromatic rings. The van der Waals surface area contributed by atoms with Gasteiger partial charge >= 0.3 is 11.9 Å². The van der Waals surface area contributed by atoms with Gasteiger partial charge in [0.1, 0.15) is 12.6 Å². The number of hydrogen-bond donors (Lipinski definition) is 1. The fraction of sp³-hybridized carbons (Fsp3) is 0.615. The molecule has 2 unspecified atom stereocenters. The quantitative estimate of drug-likeness (QED) is 0.365. The molecule has 20 heavy (non-hydrogen) atoms. The van der Waals surface area contributed by atoms with E-state index in [1.54, 1.807) is 23.1 Å². The molecule has 7 heteroatoms. The highest BCUT2D eigenvalue weighted by Crippen LogP contribution is 1.98. The van der Waals surface area contributed by atoms with Crippen LogP contribution in [0.2, 0.25) is 0 Å². The van der Waals surface area contributed by atoms with E-state index in [0.717, 1.165) is 0 Å². The monoisotopic (exact) mass is 285 g/mol. The topological polar surface area (TPSA) is 90.9 Å². The summed E-state index contributed by atoms with van der Waals surface area (Å²) >= 11 is 0. The largest absolute Gasteiger partial charge is 0.461 e. The molecule has 0 saturated heterocycles. The smallest absolute Gasteiger partial charge is 0.373 e. The van der Waals surface area contributed by atoms with E-state index in [2.05, 4.69) is 0 Å². The lowest BCUT2D eigenvalue weighted by molar-refractivity contribution is -0.440. The maximum Gasteiger partial charge on any atom is 0.373 e. The van der Waals surface area contributed by atoms with Gasteiger partial charge in [-0.3, -0.25) is 0 Å². The second-order valence-corrected chi connectivity index (χ2v) is 4.24. The van der Waals surface area contributed by atoms with Gasteiger partial charge in [0.15, 0.2) is 18.5 Å². The van der Waals surface area contributed by atoms with Crippen molar-refractivity contribution in [3.63, 3.8) is 0 Å². The molecule has 0 aromatic carbocycles. The van der Waals surface area contributed by atoms with Crippen molar-refractivity contribution in [3.8, 4) is 0 Å². The Morgan fingerprint density at radius 3 is 2.75 bits per heavy atom. The van der Waals surface area contributed by atoms with Crippen LogP contribution in [-0.4, -0.2) is 61.2 Å². The lowest BCUT2D eigenvalue weighted by Gasteiger charge is -2.11. The first kappa shape index (κ1) is 16.3. The predicted molar refractivity (Wildman–Crippen MR) is 71.3 cm³/mol. The summed E-state index contributed by atoms with van der Waals surface area (Å²) in [4.78, 5) is 23.1. The summed E-state index contributed by atoms with van der Waals surface area (Å²) in [6.45, 7) is 4.36. The van der Waals surface area contributed by atoms with Crippen LogP contribution in [0, 0.1) is 0 Å². The minimum absolute atomic E-state index is 0.0146. The zero-order valence-corrected chi connectivity index (χ0v) is 11.8. The number of ether oxygens (including phenoxy) is 3. The van der Waals surface area contributed by atoms with E-state index in [1.165, 1.54) is 6.92 Å². The second kappa shape index (κ2) is 8.44. The molecule has 2 atom stereocenters. The van der Waals surface area contributed by atoms with E-state index < -0.39 is 18.0 Å². The molecule has 1 aliphatic heterocycles. The van der Waals surface area contributed by atoms with Crippen molar-refractivity contribution in [2.45, 2.75) is 26.0 Å². The Balaban J connectivity index is 2.25. The summed E-state index contributed by atoms with van der Waals surface area (Å²) in [6.07, 6.45) is 4.19. The molecule has 1 heterocycles. The molecule has 0 bridgehead atoms. The number of hydrogen-bond acceptors (Lipinski definition) is 6. The summed E-state index contributed by atoms with van der Waals surface area (Å²) in [6, 6.07) is -0.191. The number of nitrogens with two attached hydrogens (primary N) is 1. The molecular weight excluding hydrogens is 264 g/mol. The third kappa shape index (κ3) is 5.94. The van der Waals surface area contributed by atoms with Gasteiger partial charge in [-0.2, -0.15) is 4.58 Å². The molecule has 7 nitrogen and oxygen atoms in total. The van der Waals surface area contributed by atoms with Gasteiger partial charge in [-0.15, -0.1) is 0 Å². The molecule has 0 radical (unpaired) electrons. The van der Waals surface area contributed by atoms with E-state index in [4.69, 9.17) is 19.9 Å². The van der Waals surface area contributed by atoms with Gasteiger partial charge < -0.3 is 19.9 Å². The number of esters is 2. The van der Waals surface area contributed by atoms with Crippen LogP contribution < -0.4 is 5.73 Å². The Labute approximate surface area is 118 Å². The summed E-state index contributed by atoms with van der Waals surface area (Å²) < 4.78 is 16.5. The minimum atomic E-state index is -0.940. The van der Waals surface area contributed by atoms with Crippen molar-refractivity contribution in [3.05, 3.63) is 12.3 Å². The van der Waals surface area contributed by atoms with Crippen molar-refractivity contribution in [1.82, 2.24) is 0 Å². The van der Waals surface area contributed by atoms with Crippen LogP contribution >= 0.6 is 0 Å². The van der Waals surface area contributed by atoms with Crippen LogP contribution in [0.3, 0.4) is 0 Å². The molecule has 0 aliphatic carbocycles. The van der Waals surface area contributed by atoms with Crippen LogP contribution in [0.15, 0.2) is 12.3 Å². The molecule has 0 amide bonds. The molecule has 0 saturated carbocycles. The van der Waals surface area contributed by atoms with Gasteiger partial charge in [0.2, 0.25) is 6.54 Å². The van der Waals surface area contributed by atoms with E-state index in [0.29, 0.717) is 13.2 Å². The molecule has 1 rings (SSSR count). The van der Waals surface area contributed by atoms with Crippen molar-refractivity contribution in [2.75, 3.05) is 26.4 Å². The van der Waals surface area contributed by atoms with Gasteiger partial charge in [0.05, 0.1) is 6.61 Å². The third-order valence-electron chi connectivity index (χ3n) is 2.49. The lowest BCUT2D eigenvalue weighted by Crippen LogP contribution is -2.30. The van der Waals surface area contributed by atoms with E-state index in [9.17, 15) is 9.59 Å². The Morgan fingerprint density at radius 1 is 1.40 bits per heavy atom. The molecule has 0 fully saturated rings. The maximum atomic E-state index is 11.6. The number of rotatable bonds is 8. The van der Waals surface area contributed by atoms with E-state index >= 15 is 0 Å². The Morgan fingerprint density at radius 2 is 2.15 bits per heavy atom. The van der Waals surface area contributed by atoms with Crippen molar-refractivity contribution in [1.29, 1.82) is 0 Å². The van der Waals surface area contributed by atoms with Crippen LogP contribution in [0.4, 0.5) is 0 Å². The summed E-state index contributed by atoms with van der Waals surface area (Å²) in [7, 11) is 0. The fourth-order valence-corrected chi connectivity index (χ4v) is 1.53. The van der Waals surface area contributed by atoms with Gasteiger partial charge in [-0.1, -0.05) is 0 Å². The van der Waals surface area contributed by atoms with Gasteiger partial charge in [-0.05, 0) is 13.8 Å². The Bertz CT molecular complexity index is 406. The first-order valence-corrected chi connectivity index (χ1v) is 6.51. The van der Waals surface area contributed by atoms with Crippen molar-refractivity contribution in [2.24, 2.45) is 5.73 Å². The maximum absolute atomic E-state index is 11.6. The van der Waals surface area contributed by atoms with Crippen LogP contribution in [0.25, 0.3) is 0 Å². The number of carbonyl (C=O) groups is 2. The SMILES string of the molecule is CCOCCOC(=O)C(C)OC(=O)C[N+]1=CC(N)C=C1. The Hall–Kier alpha value is -1.73. The zero-order valence-electron chi connectivity index (χ0n) is 11.8. The zero-order chi connectivity index (χ0) is 15.0. The van der Waals surface area contributed by atoms with Crippen LogP contribution in [-0.2, 0) is 23.8 Å². The second-order valence-electron chi connectivity index (χ2n) is 4.24. The van der Waals surface area contributed by atoms with Crippen molar-refractivity contribution < 1.29 is 28.4 Å². The summed E-state index contributed by atoms with van der Waals surface area (Å²) in [5.74, 6) is -1.11. The number of nitrogens with zero attached hydrogens (tertiary/aromatic N) is 1. The average Bonchev–Trinajstić information content (AvgIpc) is 2.79. The number of carbonyl (C=O) groups excluding carboxylic acids is 2. The van der Waals surface area contributed by atoms with E-state index in [1.807, 2.05) is 6.92 Å². The average molecular weight is 285 g/mol. The molecule has 112 valence electrons. The third-order valence-corrected chi connectivity index (χ3v) is 2.49. The fourth-order valence-electron chi connectivity index (χ4n) is 1.53. The van der Waals surface area contributed by atoms with Gasteiger partial charge in [0.25, 0.3) is 0 Å². The first-order chi connectivity index (χ1) is 9.52. The molecule has 0 spiro atoms. The van der Waals surface area contributed by atoms with Gasteiger partial charge in [-0.25, -0.2) is 9.59 Å². The van der Waals surface area contributed by atoms with Gasteiger partial charge in [0, 0.05) is 12.7 Å². The Kier molecular flexibility index (Phi) is 6.89. The normalized spacial score (nSPS) is 18.6. The van der Waals surface area contributed by atoms with E-state index in [-0.39, 0.29) is 19.2 Å². The summed E-state index contributed by atoms with van der Waals surface area (Å²) in [5.41, 5.74) is 5.61. The molecule has 0 aromatic heterocycles. The first-order valence-electron chi connectivity index (χ1n) is 6.51. The molecular formula is C13H21N2O5+. The van der Waals surface area contributed by atoms with Crippen molar-refractivity contribution >= 4 is 18.2 Å². The highest BCUT2D eigenvalue weighted by atomic mass is 16.6. The minimum Gasteiger partial charge on any atom is -0.461 e. The standard InChI is InChI=1S/C13H21N2O5/c1-3-18-6-7-19-13(17)10(2)20-12(16)9-15-5-4-11(14)8-15/h4-5,8,10-11H,3,6-7,9,14H2,1-2H3/q+1. The molecule has 1 aliphatic rings. The predicted octanol–water partition coefficient (Wildman–Crippen LogP) is -0.564. The molecule has 2 N–H and O–H groups in total. The van der Waals surface area contributed by atoms with Crippen LogP contribution in [0.1, 0.15) is 13.8 Å². The highest BCUT2D eigenvalue weighted by molar-refractivity contribution is 5.79. The van der Waals surface area contributed by atoms with Crippen LogP contribution in [0.5, 0.6) is 0 Å². The lowest BCUT2D eigenvalue weighted by atomic mass is 10.4. The highest BCUT2D eigenvalue weighted by Gasteiger charge is 2.23. The summed E-state index contributed by atoms with van der Waals surface area (Å²) in [5, 5.41) is 0.